The van der Waals surface area contributed by atoms with Gasteiger partial charge in [-0.2, -0.15) is 5.26 Å². The van der Waals surface area contributed by atoms with Gasteiger partial charge in [0.05, 0.1) is 34.7 Å². The molecule has 1 atom stereocenters. The highest BCUT2D eigenvalue weighted by Crippen LogP contribution is 2.37. The molecule has 3 N–H and O–H groups in total. The van der Waals surface area contributed by atoms with Crippen molar-refractivity contribution in [2.45, 2.75) is 30.4 Å². The average Bonchev–Trinajstić information content (AvgIpc) is 3.46. The van der Waals surface area contributed by atoms with Crippen molar-refractivity contribution in [1.82, 2.24) is 10.6 Å². The number of amides is 3. The van der Waals surface area contributed by atoms with Crippen molar-refractivity contribution in [2.75, 3.05) is 17.9 Å². The van der Waals surface area contributed by atoms with Crippen LogP contribution in [0.25, 0.3) is 0 Å². The molecule has 6 rings (SSSR count). The molecule has 3 aliphatic rings. The zero-order valence-corrected chi connectivity index (χ0v) is 22.5. The number of nitriles is 1. The fourth-order valence-corrected chi connectivity index (χ4v) is 5.70. The van der Waals surface area contributed by atoms with Crippen molar-refractivity contribution < 1.29 is 28.6 Å². The molecule has 3 amide bonds. The predicted molar refractivity (Wildman–Crippen MR) is 149 cm³/mol. The first-order valence-electron chi connectivity index (χ1n) is 12.9. The van der Waals surface area contributed by atoms with E-state index in [4.69, 9.17) is 14.2 Å². The number of rotatable bonds is 7. The number of urea groups is 1. The maximum Gasteiger partial charge on any atom is 0.338 e. The number of hydrogen-bond acceptors (Lipinski definition) is 8. The maximum absolute atomic E-state index is 13.7. The zero-order valence-electron chi connectivity index (χ0n) is 21.7. The van der Waals surface area contributed by atoms with Gasteiger partial charge in [-0.15, -0.1) is 11.8 Å². The van der Waals surface area contributed by atoms with Crippen LogP contribution in [0.2, 0.25) is 0 Å². The Balaban J connectivity index is 1.32. The lowest BCUT2D eigenvalue weighted by Crippen LogP contribution is -2.46. The fraction of sp³-hybridized carbons (Fsp3) is 0.200. The van der Waals surface area contributed by atoms with Gasteiger partial charge in [0.15, 0.2) is 11.5 Å². The van der Waals surface area contributed by atoms with Crippen molar-refractivity contribution in [1.29, 1.82) is 5.26 Å². The molecule has 206 valence electrons. The maximum atomic E-state index is 13.7. The van der Waals surface area contributed by atoms with Gasteiger partial charge < -0.3 is 30.2 Å². The quantitative estimate of drug-likeness (QED) is 0.359. The number of nitrogens with one attached hydrogen (secondary N) is 3. The highest BCUT2D eigenvalue weighted by Gasteiger charge is 2.34. The molecule has 0 bridgehead atoms. The largest absolute Gasteiger partial charge is 0.457 e. The van der Waals surface area contributed by atoms with Gasteiger partial charge in [0, 0.05) is 10.6 Å². The number of carbonyl (C=O) groups excluding carboxylic acids is 3. The van der Waals surface area contributed by atoms with Crippen LogP contribution in [0.5, 0.6) is 11.5 Å². The molecule has 0 aliphatic carbocycles. The third kappa shape index (κ3) is 5.69. The standard InChI is InChI=1S/C30H24N4O6S/c31-13-18-2-1-3-19(10-18)14-38-29(36)27-21(7-4-17-5-8-23-24(11-17)40-16-39-23)33-30(37)34-28(27)20-6-9-25-22(12-20)32-26(35)15-41-25/h1-3,5-6,8-12,28H,4,7,14-16H2,(H,32,35)(H2,33,34,37)/t28-/m0/s1. The summed E-state index contributed by atoms with van der Waals surface area (Å²) in [5.74, 6) is 0.919. The van der Waals surface area contributed by atoms with E-state index in [0.717, 1.165) is 10.5 Å². The van der Waals surface area contributed by atoms with Gasteiger partial charge >= 0.3 is 12.0 Å². The Kier molecular flexibility index (Phi) is 7.22. The summed E-state index contributed by atoms with van der Waals surface area (Å²) in [7, 11) is 0. The molecule has 41 heavy (non-hydrogen) atoms. The van der Waals surface area contributed by atoms with E-state index in [9.17, 15) is 19.6 Å². The van der Waals surface area contributed by atoms with Crippen LogP contribution >= 0.6 is 11.8 Å². The van der Waals surface area contributed by atoms with Crippen LogP contribution in [-0.2, 0) is 27.4 Å². The molecule has 0 spiro atoms. The summed E-state index contributed by atoms with van der Waals surface area (Å²) < 4.78 is 16.6. The van der Waals surface area contributed by atoms with E-state index >= 15 is 0 Å². The van der Waals surface area contributed by atoms with Crippen LogP contribution in [0, 0.1) is 11.3 Å². The normalized spacial score (nSPS) is 17.1. The Morgan fingerprint density at radius 2 is 1.88 bits per heavy atom. The van der Waals surface area contributed by atoms with Crippen LogP contribution in [0.15, 0.2) is 76.8 Å². The van der Waals surface area contributed by atoms with E-state index in [1.54, 1.807) is 30.3 Å². The van der Waals surface area contributed by atoms with Crippen LogP contribution in [0.1, 0.15) is 34.7 Å². The Bertz CT molecular complexity index is 1650. The van der Waals surface area contributed by atoms with Crippen molar-refractivity contribution in [3.05, 3.63) is 94.2 Å². The van der Waals surface area contributed by atoms with E-state index in [1.165, 1.54) is 11.8 Å². The van der Waals surface area contributed by atoms with Gasteiger partial charge in [-0.1, -0.05) is 24.3 Å². The Morgan fingerprint density at radius 1 is 1.00 bits per heavy atom. The van der Waals surface area contributed by atoms with Crippen LogP contribution in [-0.4, -0.2) is 30.5 Å². The molecule has 0 aromatic heterocycles. The third-order valence-electron chi connectivity index (χ3n) is 6.87. The number of fused-ring (bicyclic) bond motifs is 2. The third-order valence-corrected chi connectivity index (χ3v) is 7.94. The number of anilines is 1. The van der Waals surface area contributed by atoms with Crippen molar-refractivity contribution in [3.8, 4) is 17.6 Å². The Labute approximate surface area is 239 Å². The Hall–Kier alpha value is -4.95. The number of allylic oxidation sites excluding steroid dienone is 1. The highest BCUT2D eigenvalue weighted by atomic mass is 32.2. The molecule has 0 saturated carbocycles. The molecule has 3 aliphatic heterocycles. The molecule has 0 saturated heterocycles. The minimum Gasteiger partial charge on any atom is -0.457 e. The number of thioether (sulfide) groups is 1. The molecule has 10 nitrogen and oxygen atoms in total. The topological polar surface area (TPSA) is 139 Å². The van der Waals surface area contributed by atoms with Crippen molar-refractivity contribution in [3.63, 3.8) is 0 Å². The van der Waals surface area contributed by atoms with Crippen molar-refractivity contribution in [2.24, 2.45) is 0 Å². The fourth-order valence-electron chi connectivity index (χ4n) is 4.91. The molecule has 3 heterocycles. The van der Waals surface area contributed by atoms with Gasteiger partial charge in [0.25, 0.3) is 0 Å². The molecule has 0 unspecified atom stereocenters. The summed E-state index contributed by atoms with van der Waals surface area (Å²) in [5.41, 5.74) is 4.01. The van der Waals surface area contributed by atoms with Gasteiger partial charge in [-0.3, -0.25) is 4.79 Å². The van der Waals surface area contributed by atoms with E-state index in [2.05, 4.69) is 22.0 Å². The Morgan fingerprint density at radius 3 is 2.76 bits per heavy atom. The second-order valence-corrected chi connectivity index (χ2v) is 10.6. The van der Waals surface area contributed by atoms with E-state index in [-0.39, 0.29) is 24.9 Å². The second-order valence-electron chi connectivity index (χ2n) is 9.59. The molecule has 3 aromatic carbocycles. The summed E-state index contributed by atoms with van der Waals surface area (Å²) in [4.78, 5) is 39.4. The first kappa shape index (κ1) is 26.3. The number of carbonyl (C=O) groups is 3. The second kappa shape index (κ2) is 11.3. The highest BCUT2D eigenvalue weighted by molar-refractivity contribution is 8.00. The first-order chi connectivity index (χ1) is 20.0. The number of esters is 1. The average molecular weight is 569 g/mol. The molecular weight excluding hydrogens is 544 g/mol. The number of hydrogen-bond donors (Lipinski definition) is 3. The van der Waals surface area contributed by atoms with Crippen molar-refractivity contribution >= 4 is 35.4 Å². The molecule has 11 heteroatoms. The minimum absolute atomic E-state index is 0.0507. The number of nitrogens with zero attached hydrogens (tertiary/aromatic N) is 1. The van der Waals surface area contributed by atoms with Crippen LogP contribution < -0.4 is 25.4 Å². The van der Waals surface area contributed by atoms with Gasteiger partial charge in [0.2, 0.25) is 12.7 Å². The number of aryl methyl sites for hydroxylation is 1. The van der Waals surface area contributed by atoms with Crippen LogP contribution in [0.3, 0.4) is 0 Å². The summed E-state index contributed by atoms with van der Waals surface area (Å²) >= 11 is 1.43. The number of benzene rings is 3. The summed E-state index contributed by atoms with van der Waals surface area (Å²) in [6, 6.07) is 18.7. The summed E-state index contributed by atoms with van der Waals surface area (Å²) in [6.07, 6.45) is 0.853. The van der Waals surface area contributed by atoms with Gasteiger partial charge in [-0.25, -0.2) is 9.59 Å². The number of ether oxygens (including phenoxy) is 3. The zero-order chi connectivity index (χ0) is 28.3. The monoisotopic (exact) mass is 568 g/mol. The smallest absolute Gasteiger partial charge is 0.338 e. The molecular formula is C30H24N4O6S. The first-order valence-corrected chi connectivity index (χ1v) is 13.9. The van der Waals surface area contributed by atoms with E-state index < -0.39 is 18.0 Å². The van der Waals surface area contributed by atoms with Gasteiger partial charge in [0.1, 0.15) is 6.61 Å². The minimum atomic E-state index is -0.817. The lowest BCUT2D eigenvalue weighted by molar-refractivity contribution is -0.140. The molecule has 0 fully saturated rings. The SMILES string of the molecule is N#Cc1cccc(COC(=O)C2=C(CCc3ccc4c(c3)OCO4)NC(=O)N[C@H]2c2ccc3c(c2)NC(=O)CS3)c1. The lowest BCUT2D eigenvalue weighted by Gasteiger charge is -2.30. The predicted octanol–water partition coefficient (Wildman–Crippen LogP) is 4.32. The summed E-state index contributed by atoms with van der Waals surface area (Å²) in [5, 5.41) is 17.7. The van der Waals surface area contributed by atoms with Gasteiger partial charge in [-0.05, 0) is 65.9 Å². The molecule has 0 radical (unpaired) electrons. The lowest BCUT2D eigenvalue weighted by atomic mass is 9.92. The van der Waals surface area contributed by atoms with Crippen LogP contribution in [0.4, 0.5) is 10.5 Å². The molecule has 3 aromatic rings. The summed E-state index contributed by atoms with van der Waals surface area (Å²) in [6.45, 7) is 0.116. The van der Waals surface area contributed by atoms with E-state index in [0.29, 0.717) is 58.2 Å². The van der Waals surface area contributed by atoms with E-state index in [1.807, 2.05) is 30.3 Å².